The minimum atomic E-state index is -0.631. The number of nitrogens with zero attached hydrogens (tertiary/aromatic N) is 1. The van der Waals surface area contributed by atoms with Crippen LogP contribution in [0.2, 0.25) is 0 Å². The minimum Gasteiger partial charge on any atom is -0.325 e. The van der Waals surface area contributed by atoms with Crippen LogP contribution in [-0.2, 0) is 4.79 Å². The standard InChI is InChI=1S/C9H10BrN3O3/c1-5(11)9(14)12-6-2-3-8(13(15)16)7(10)4-6/h2-5H,11H2,1H3,(H,12,14)/t5-/m0/s1. The van der Waals surface area contributed by atoms with Crippen molar-refractivity contribution in [3.8, 4) is 0 Å². The zero-order valence-electron chi connectivity index (χ0n) is 8.44. The van der Waals surface area contributed by atoms with Crippen molar-refractivity contribution >= 4 is 33.2 Å². The molecule has 0 aliphatic rings. The highest BCUT2D eigenvalue weighted by Crippen LogP contribution is 2.27. The van der Waals surface area contributed by atoms with Crippen molar-refractivity contribution in [2.24, 2.45) is 5.73 Å². The van der Waals surface area contributed by atoms with Gasteiger partial charge in [-0.25, -0.2) is 0 Å². The molecule has 0 heterocycles. The van der Waals surface area contributed by atoms with Crippen molar-refractivity contribution in [3.05, 3.63) is 32.8 Å². The van der Waals surface area contributed by atoms with Crippen LogP contribution in [-0.4, -0.2) is 16.9 Å². The van der Waals surface area contributed by atoms with E-state index in [2.05, 4.69) is 21.2 Å². The normalized spacial score (nSPS) is 11.9. The maximum atomic E-state index is 11.3. The van der Waals surface area contributed by atoms with Crippen molar-refractivity contribution in [2.75, 3.05) is 5.32 Å². The molecule has 1 amide bonds. The lowest BCUT2D eigenvalue weighted by Gasteiger charge is -2.07. The summed E-state index contributed by atoms with van der Waals surface area (Å²) in [5.41, 5.74) is 5.77. The number of carbonyl (C=O) groups excluding carboxylic acids is 1. The third-order valence-electron chi connectivity index (χ3n) is 1.83. The molecule has 0 aromatic heterocycles. The van der Waals surface area contributed by atoms with Gasteiger partial charge in [-0.15, -0.1) is 0 Å². The second-order valence-electron chi connectivity index (χ2n) is 3.20. The fourth-order valence-corrected chi connectivity index (χ4v) is 1.51. The third-order valence-corrected chi connectivity index (χ3v) is 2.46. The summed E-state index contributed by atoms with van der Waals surface area (Å²) < 4.78 is 0.306. The number of benzene rings is 1. The Labute approximate surface area is 100 Å². The Morgan fingerprint density at radius 1 is 1.62 bits per heavy atom. The third kappa shape index (κ3) is 3.01. The number of nitrogens with two attached hydrogens (primary N) is 1. The van der Waals surface area contributed by atoms with Gasteiger partial charge in [-0.2, -0.15) is 0 Å². The Bertz CT molecular complexity index is 434. The summed E-state index contributed by atoms with van der Waals surface area (Å²) >= 11 is 3.05. The molecule has 7 heteroatoms. The van der Waals surface area contributed by atoms with Crippen molar-refractivity contribution in [2.45, 2.75) is 13.0 Å². The van der Waals surface area contributed by atoms with Crippen LogP contribution in [0.25, 0.3) is 0 Å². The number of nitro benzene ring substituents is 1. The van der Waals surface area contributed by atoms with E-state index in [1.165, 1.54) is 18.2 Å². The molecule has 6 nitrogen and oxygen atoms in total. The fraction of sp³-hybridized carbons (Fsp3) is 0.222. The van der Waals surface area contributed by atoms with Gasteiger partial charge < -0.3 is 11.1 Å². The Morgan fingerprint density at radius 2 is 2.25 bits per heavy atom. The van der Waals surface area contributed by atoms with Gasteiger partial charge in [0.05, 0.1) is 15.4 Å². The SMILES string of the molecule is C[C@H](N)C(=O)Nc1ccc([N+](=O)[O-])c(Br)c1. The van der Waals surface area contributed by atoms with E-state index >= 15 is 0 Å². The van der Waals surface area contributed by atoms with E-state index in [1.807, 2.05) is 0 Å². The van der Waals surface area contributed by atoms with Gasteiger partial charge in [-0.05, 0) is 35.0 Å². The highest BCUT2D eigenvalue weighted by Gasteiger charge is 2.13. The summed E-state index contributed by atoms with van der Waals surface area (Å²) in [4.78, 5) is 21.3. The molecule has 1 rings (SSSR count). The van der Waals surface area contributed by atoms with Crippen molar-refractivity contribution in [3.63, 3.8) is 0 Å². The maximum absolute atomic E-state index is 11.3. The van der Waals surface area contributed by atoms with Gasteiger partial charge in [0.2, 0.25) is 5.91 Å². The molecule has 0 radical (unpaired) electrons. The number of nitro groups is 1. The van der Waals surface area contributed by atoms with Gasteiger partial charge in [0, 0.05) is 11.8 Å². The minimum absolute atomic E-state index is 0.0567. The Balaban J connectivity index is 2.90. The first-order chi connectivity index (χ1) is 7.41. The molecule has 0 saturated heterocycles. The summed E-state index contributed by atoms with van der Waals surface area (Å²) in [7, 11) is 0. The van der Waals surface area contributed by atoms with Crippen LogP contribution in [0.1, 0.15) is 6.92 Å². The largest absolute Gasteiger partial charge is 0.325 e. The average molecular weight is 288 g/mol. The number of hydrogen-bond donors (Lipinski definition) is 2. The topological polar surface area (TPSA) is 98.3 Å². The molecule has 86 valence electrons. The number of nitrogens with one attached hydrogen (secondary N) is 1. The van der Waals surface area contributed by atoms with Gasteiger partial charge >= 0.3 is 0 Å². The molecule has 3 N–H and O–H groups in total. The number of halogens is 1. The fourth-order valence-electron chi connectivity index (χ4n) is 0.989. The van der Waals surface area contributed by atoms with Crippen LogP contribution in [0.15, 0.2) is 22.7 Å². The molecule has 0 fully saturated rings. The van der Waals surface area contributed by atoms with Gasteiger partial charge in [0.25, 0.3) is 5.69 Å². The number of anilines is 1. The van der Waals surface area contributed by atoms with Crippen molar-refractivity contribution < 1.29 is 9.72 Å². The van der Waals surface area contributed by atoms with Crippen molar-refractivity contribution in [1.82, 2.24) is 0 Å². The summed E-state index contributed by atoms with van der Waals surface area (Å²) in [5.74, 6) is -0.347. The molecule has 0 spiro atoms. The van der Waals surface area contributed by atoms with E-state index in [0.717, 1.165) is 0 Å². The van der Waals surface area contributed by atoms with Crippen LogP contribution in [0.4, 0.5) is 11.4 Å². The molecule has 1 aromatic rings. The highest BCUT2D eigenvalue weighted by molar-refractivity contribution is 9.10. The first-order valence-corrected chi connectivity index (χ1v) is 5.21. The lowest BCUT2D eigenvalue weighted by molar-refractivity contribution is -0.385. The average Bonchev–Trinajstić information content (AvgIpc) is 2.16. The van der Waals surface area contributed by atoms with Gasteiger partial charge in [-0.1, -0.05) is 0 Å². The molecule has 0 saturated carbocycles. The lowest BCUT2D eigenvalue weighted by Crippen LogP contribution is -2.32. The second-order valence-corrected chi connectivity index (χ2v) is 4.06. The molecule has 0 aliphatic heterocycles. The molecule has 0 bridgehead atoms. The Morgan fingerprint density at radius 3 is 2.69 bits per heavy atom. The van der Waals surface area contributed by atoms with Gasteiger partial charge in [0.15, 0.2) is 0 Å². The van der Waals surface area contributed by atoms with Crippen LogP contribution in [0.5, 0.6) is 0 Å². The smallest absolute Gasteiger partial charge is 0.283 e. The summed E-state index contributed by atoms with van der Waals surface area (Å²) in [6.07, 6.45) is 0. The maximum Gasteiger partial charge on any atom is 0.283 e. The van der Waals surface area contributed by atoms with Gasteiger partial charge in [-0.3, -0.25) is 14.9 Å². The predicted octanol–water partition coefficient (Wildman–Crippen LogP) is 1.64. The second kappa shape index (κ2) is 5.04. The van der Waals surface area contributed by atoms with E-state index in [4.69, 9.17) is 5.73 Å². The van der Waals surface area contributed by atoms with Crippen LogP contribution in [0, 0.1) is 10.1 Å². The zero-order valence-corrected chi connectivity index (χ0v) is 10.0. The summed E-state index contributed by atoms with van der Waals surface area (Å²) in [5, 5.41) is 13.1. The zero-order chi connectivity index (χ0) is 12.3. The molecular weight excluding hydrogens is 278 g/mol. The Kier molecular flexibility index (Phi) is 3.97. The quantitative estimate of drug-likeness (QED) is 0.652. The van der Waals surface area contributed by atoms with Crippen molar-refractivity contribution in [1.29, 1.82) is 0 Å². The predicted molar refractivity (Wildman–Crippen MR) is 63.1 cm³/mol. The summed E-state index contributed by atoms with van der Waals surface area (Å²) in [6, 6.07) is 3.58. The number of rotatable bonds is 3. The first kappa shape index (κ1) is 12.6. The van der Waals surface area contributed by atoms with E-state index in [9.17, 15) is 14.9 Å². The van der Waals surface area contributed by atoms with E-state index < -0.39 is 11.0 Å². The summed E-state index contributed by atoms with van der Waals surface area (Å²) in [6.45, 7) is 1.55. The highest BCUT2D eigenvalue weighted by atomic mass is 79.9. The molecule has 0 aliphatic carbocycles. The van der Waals surface area contributed by atoms with Crippen LogP contribution in [0.3, 0.4) is 0 Å². The van der Waals surface area contributed by atoms with E-state index in [0.29, 0.717) is 10.2 Å². The molecule has 0 unspecified atom stereocenters. The van der Waals surface area contributed by atoms with Crippen LogP contribution < -0.4 is 11.1 Å². The van der Waals surface area contributed by atoms with E-state index in [-0.39, 0.29) is 11.6 Å². The molecular formula is C9H10BrN3O3. The van der Waals surface area contributed by atoms with Crippen LogP contribution >= 0.6 is 15.9 Å². The molecule has 1 aromatic carbocycles. The lowest BCUT2D eigenvalue weighted by atomic mass is 10.2. The number of amides is 1. The number of hydrogen-bond acceptors (Lipinski definition) is 4. The van der Waals surface area contributed by atoms with Gasteiger partial charge in [0.1, 0.15) is 0 Å². The Hall–Kier alpha value is -1.47. The first-order valence-electron chi connectivity index (χ1n) is 4.42. The monoisotopic (exact) mass is 287 g/mol. The molecule has 16 heavy (non-hydrogen) atoms. The molecule has 1 atom stereocenters. The van der Waals surface area contributed by atoms with E-state index in [1.54, 1.807) is 6.92 Å². The number of carbonyl (C=O) groups is 1.